The number of carbonyl (C=O) groups excluding carboxylic acids is 2. The fraction of sp³-hybridized carbons (Fsp3) is 0.344. The van der Waals surface area contributed by atoms with Gasteiger partial charge in [0.1, 0.15) is 11.8 Å². The molecule has 5 rings (SSSR count). The minimum absolute atomic E-state index is 0.00791. The van der Waals surface area contributed by atoms with Crippen LogP contribution >= 0.6 is 23.8 Å². The van der Waals surface area contributed by atoms with Gasteiger partial charge in [-0.2, -0.15) is 0 Å². The average Bonchev–Trinajstić information content (AvgIpc) is 3.23. The molecule has 2 aliphatic rings. The third-order valence-electron chi connectivity index (χ3n) is 7.60. The number of hydrogen-bond donors (Lipinski definition) is 1. The predicted octanol–water partition coefficient (Wildman–Crippen LogP) is 5.28. The Kier molecular flexibility index (Phi) is 9.94. The molecule has 8 nitrogen and oxygen atoms in total. The van der Waals surface area contributed by atoms with E-state index in [0.717, 1.165) is 44.9 Å². The molecule has 1 atom stereocenters. The summed E-state index contributed by atoms with van der Waals surface area (Å²) < 4.78 is 5.48. The van der Waals surface area contributed by atoms with Gasteiger partial charge in [-0.05, 0) is 92.8 Å². The third-order valence-corrected chi connectivity index (χ3v) is 8.27. The lowest BCUT2D eigenvalue weighted by Crippen LogP contribution is -2.47. The van der Waals surface area contributed by atoms with E-state index in [1.165, 1.54) is 10.6 Å². The van der Waals surface area contributed by atoms with Crippen LogP contribution in [0.25, 0.3) is 0 Å². The summed E-state index contributed by atoms with van der Waals surface area (Å²) in [6, 6.07) is 24.0. The molecule has 2 heterocycles. The Morgan fingerprint density at radius 2 is 1.62 bits per heavy atom. The Hall–Kier alpha value is -3.66. The second-order valence-corrected chi connectivity index (χ2v) is 11.2. The second kappa shape index (κ2) is 14.0. The predicted molar refractivity (Wildman–Crippen MR) is 173 cm³/mol. The summed E-state index contributed by atoms with van der Waals surface area (Å²) in [7, 11) is 0. The molecule has 0 bridgehead atoms. The molecule has 2 aliphatic heterocycles. The molecular formula is C32H36ClN5O3S. The minimum Gasteiger partial charge on any atom is -0.494 e. The molecule has 0 spiro atoms. The van der Waals surface area contributed by atoms with E-state index in [2.05, 4.69) is 39.4 Å². The quantitative estimate of drug-likeness (QED) is 0.298. The van der Waals surface area contributed by atoms with Gasteiger partial charge in [-0.3, -0.25) is 19.4 Å². The van der Waals surface area contributed by atoms with Crippen molar-refractivity contribution >= 4 is 57.8 Å². The van der Waals surface area contributed by atoms with Gasteiger partial charge in [0.05, 0.1) is 18.7 Å². The zero-order chi connectivity index (χ0) is 29.5. The first-order chi connectivity index (χ1) is 20.4. The molecule has 3 aromatic carbocycles. The molecule has 2 amide bonds. The van der Waals surface area contributed by atoms with E-state index in [9.17, 15) is 9.59 Å². The SMILES string of the molecule is CCOc1ccc(NC(=O)C[C@@H]2C(=O)N(c3ccc(Cl)cc3)C(=S)N2CCCN2CCN(c3ccccc3)CC2)cc1. The average molecular weight is 606 g/mol. The highest BCUT2D eigenvalue weighted by Crippen LogP contribution is 2.29. The smallest absolute Gasteiger partial charge is 0.256 e. The number of hydrogen-bond acceptors (Lipinski definition) is 6. The minimum atomic E-state index is -0.689. The monoisotopic (exact) mass is 605 g/mol. The first-order valence-electron chi connectivity index (χ1n) is 14.4. The third kappa shape index (κ3) is 7.21. The Morgan fingerprint density at radius 1 is 0.929 bits per heavy atom. The number of amides is 2. The molecular weight excluding hydrogens is 570 g/mol. The first-order valence-corrected chi connectivity index (χ1v) is 15.2. The normalized spacial score (nSPS) is 17.6. The number of halogens is 1. The Balaban J connectivity index is 1.22. The van der Waals surface area contributed by atoms with E-state index in [0.29, 0.717) is 34.7 Å². The van der Waals surface area contributed by atoms with Crippen LogP contribution < -0.4 is 19.9 Å². The van der Waals surface area contributed by atoms with Crippen molar-refractivity contribution in [2.45, 2.75) is 25.8 Å². The van der Waals surface area contributed by atoms with Gasteiger partial charge in [0.2, 0.25) is 5.91 Å². The number of thiocarbonyl (C=S) groups is 1. The van der Waals surface area contributed by atoms with Crippen molar-refractivity contribution in [3.63, 3.8) is 0 Å². The molecule has 1 N–H and O–H groups in total. The van der Waals surface area contributed by atoms with Crippen molar-refractivity contribution in [3.8, 4) is 5.75 Å². The number of piperazine rings is 1. The summed E-state index contributed by atoms with van der Waals surface area (Å²) in [5.74, 6) is 0.277. The van der Waals surface area contributed by atoms with Gasteiger partial charge in [-0.25, -0.2) is 0 Å². The largest absolute Gasteiger partial charge is 0.494 e. The molecule has 10 heteroatoms. The highest BCUT2D eigenvalue weighted by Gasteiger charge is 2.44. The van der Waals surface area contributed by atoms with Gasteiger partial charge in [-0.1, -0.05) is 29.8 Å². The zero-order valence-corrected chi connectivity index (χ0v) is 25.3. The number of nitrogens with zero attached hydrogens (tertiary/aromatic N) is 4. The molecule has 220 valence electrons. The van der Waals surface area contributed by atoms with Crippen molar-refractivity contribution in [1.29, 1.82) is 0 Å². The van der Waals surface area contributed by atoms with Gasteiger partial charge < -0.3 is 19.9 Å². The summed E-state index contributed by atoms with van der Waals surface area (Å²) in [6.45, 7) is 7.86. The van der Waals surface area contributed by atoms with Crippen molar-refractivity contribution in [2.24, 2.45) is 0 Å². The van der Waals surface area contributed by atoms with Crippen LogP contribution in [0.15, 0.2) is 78.9 Å². The van der Waals surface area contributed by atoms with Gasteiger partial charge in [-0.15, -0.1) is 0 Å². The van der Waals surface area contributed by atoms with Crippen LogP contribution in [0.4, 0.5) is 17.1 Å². The summed E-state index contributed by atoms with van der Waals surface area (Å²) in [6.07, 6.45) is 0.816. The van der Waals surface area contributed by atoms with Crippen LogP contribution in [0.2, 0.25) is 5.02 Å². The number of rotatable bonds is 11. The molecule has 0 unspecified atom stereocenters. The number of benzene rings is 3. The lowest BCUT2D eigenvalue weighted by Gasteiger charge is -2.36. The first kappa shape index (κ1) is 29.8. The van der Waals surface area contributed by atoms with Crippen molar-refractivity contribution in [2.75, 3.05) is 61.0 Å². The standard InChI is InChI=1S/C32H36ClN5O3S/c1-2-41-28-15-11-25(12-16-28)34-30(39)23-29-31(40)38(27-13-9-24(33)10-14-27)32(42)37(29)18-6-17-35-19-21-36(22-20-35)26-7-4-3-5-8-26/h3-5,7-16,29H,2,6,17-23H2,1H3,(H,34,39)/t29-/m1/s1. The molecule has 0 aromatic heterocycles. The van der Waals surface area contributed by atoms with E-state index in [1.807, 2.05) is 30.0 Å². The number of carbonyl (C=O) groups is 2. The highest BCUT2D eigenvalue weighted by molar-refractivity contribution is 7.80. The van der Waals surface area contributed by atoms with Crippen LogP contribution in [0.1, 0.15) is 19.8 Å². The maximum absolute atomic E-state index is 13.7. The lowest BCUT2D eigenvalue weighted by atomic mass is 10.1. The highest BCUT2D eigenvalue weighted by atomic mass is 35.5. The maximum Gasteiger partial charge on any atom is 0.256 e. The fourth-order valence-corrected chi connectivity index (χ4v) is 5.98. The molecule has 2 fully saturated rings. The van der Waals surface area contributed by atoms with Gasteiger partial charge in [0, 0.05) is 49.1 Å². The van der Waals surface area contributed by atoms with Crippen LogP contribution in [0.5, 0.6) is 5.75 Å². The zero-order valence-electron chi connectivity index (χ0n) is 23.7. The van der Waals surface area contributed by atoms with Crippen molar-refractivity contribution < 1.29 is 14.3 Å². The Morgan fingerprint density at radius 3 is 2.29 bits per heavy atom. The van der Waals surface area contributed by atoms with Crippen LogP contribution in [-0.2, 0) is 9.59 Å². The van der Waals surface area contributed by atoms with E-state index in [4.69, 9.17) is 28.6 Å². The summed E-state index contributed by atoms with van der Waals surface area (Å²) >= 11 is 11.9. The molecule has 0 aliphatic carbocycles. The van der Waals surface area contributed by atoms with Crippen LogP contribution in [-0.4, -0.2) is 78.6 Å². The maximum atomic E-state index is 13.7. The number of para-hydroxylation sites is 1. The summed E-state index contributed by atoms with van der Waals surface area (Å²) in [4.78, 5) is 35.1. The molecule has 0 radical (unpaired) electrons. The van der Waals surface area contributed by atoms with Crippen molar-refractivity contribution in [3.05, 3.63) is 83.9 Å². The fourth-order valence-electron chi connectivity index (χ4n) is 5.44. The van der Waals surface area contributed by atoms with Gasteiger partial charge >= 0.3 is 0 Å². The van der Waals surface area contributed by atoms with E-state index in [-0.39, 0.29) is 18.2 Å². The molecule has 3 aromatic rings. The lowest BCUT2D eigenvalue weighted by molar-refractivity contribution is -0.124. The van der Waals surface area contributed by atoms with Crippen LogP contribution in [0, 0.1) is 0 Å². The molecule has 2 saturated heterocycles. The summed E-state index contributed by atoms with van der Waals surface area (Å²) in [5, 5.41) is 3.90. The van der Waals surface area contributed by atoms with Gasteiger partial charge in [0.25, 0.3) is 5.91 Å². The van der Waals surface area contributed by atoms with Crippen molar-refractivity contribution in [1.82, 2.24) is 9.80 Å². The molecule has 0 saturated carbocycles. The number of ether oxygens (including phenoxy) is 1. The van der Waals surface area contributed by atoms with E-state index >= 15 is 0 Å². The number of nitrogens with one attached hydrogen (secondary N) is 1. The second-order valence-electron chi connectivity index (χ2n) is 10.4. The Labute approximate surface area is 257 Å². The van der Waals surface area contributed by atoms with Crippen LogP contribution in [0.3, 0.4) is 0 Å². The summed E-state index contributed by atoms with van der Waals surface area (Å²) in [5.41, 5.74) is 2.55. The Bertz CT molecular complexity index is 1370. The molecule has 42 heavy (non-hydrogen) atoms. The van der Waals surface area contributed by atoms with E-state index < -0.39 is 6.04 Å². The van der Waals surface area contributed by atoms with E-state index in [1.54, 1.807) is 36.4 Å². The van der Waals surface area contributed by atoms with Gasteiger partial charge in [0.15, 0.2) is 5.11 Å². The topological polar surface area (TPSA) is 68.4 Å². The number of anilines is 3.